The van der Waals surface area contributed by atoms with Crippen molar-refractivity contribution in [3.8, 4) is 0 Å². The number of carbonyl (C=O) groups excluding carboxylic acids is 2. The highest BCUT2D eigenvalue weighted by Crippen LogP contribution is 2.20. The van der Waals surface area contributed by atoms with Gasteiger partial charge in [0, 0.05) is 38.1 Å². The maximum atomic E-state index is 13.0. The lowest BCUT2D eigenvalue weighted by atomic mass is 9.99. The molecule has 1 aromatic rings. The Bertz CT molecular complexity index is 649. The van der Waals surface area contributed by atoms with Crippen LogP contribution in [0.1, 0.15) is 45.6 Å². The molecule has 148 valence electrons. The summed E-state index contributed by atoms with van der Waals surface area (Å²) in [6, 6.07) is 10.2. The fourth-order valence-corrected chi connectivity index (χ4v) is 3.97. The predicted molar refractivity (Wildman–Crippen MR) is 106 cm³/mol. The van der Waals surface area contributed by atoms with Crippen molar-refractivity contribution < 1.29 is 9.59 Å². The van der Waals surface area contributed by atoms with Crippen molar-refractivity contribution in [3.05, 3.63) is 35.9 Å². The molecule has 0 radical (unpaired) electrons. The van der Waals surface area contributed by atoms with Gasteiger partial charge in [-0.2, -0.15) is 0 Å². The monoisotopic (exact) mass is 372 g/mol. The van der Waals surface area contributed by atoms with E-state index in [-0.39, 0.29) is 23.9 Å². The Balaban J connectivity index is 1.68. The second-order valence-electron chi connectivity index (χ2n) is 8.03. The lowest BCUT2D eigenvalue weighted by molar-refractivity contribution is -0.134. The first-order chi connectivity index (χ1) is 13.0. The zero-order chi connectivity index (χ0) is 19.4. The van der Waals surface area contributed by atoms with E-state index in [0.717, 1.165) is 18.4 Å². The van der Waals surface area contributed by atoms with Crippen molar-refractivity contribution in [2.45, 2.75) is 64.7 Å². The minimum absolute atomic E-state index is 0.0550. The Morgan fingerprint density at radius 1 is 1.22 bits per heavy atom. The SMILES string of the molecule is CCC1CN(C(=O)C2CC(C(C)C)NN2)CCC(=O)N1Cc1ccccc1. The van der Waals surface area contributed by atoms with Gasteiger partial charge in [-0.3, -0.25) is 15.0 Å². The van der Waals surface area contributed by atoms with Gasteiger partial charge in [0.1, 0.15) is 6.04 Å². The van der Waals surface area contributed by atoms with Crippen LogP contribution in [0.5, 0.6) is 0 Å². The minimum Gasteiger partial charge on any atom is -0.339 e. The van der Waals surface area contributed by atoms with Crippen LogP contribution in [0.4, 0.5) is 0 Å². The molecular weight excluding hydrogens is 340 g/mol. The predicted octanol–water partition coefficient (Wildman–Crippen LogP) is 1.92. The average Bonchev–Trinajstić information content (AvgIpc) is 3.12. The van der Waals surface area contributed by atoms with Crippen LogP contribution in [0.15, 0.2) is 30.3 Å². The first-order valence-electron chi connectivity index (χ1n) is 10.1. The number of hydrogen-bond donors (Lipinski definition) is 2. The highest BCUT2D eigenvalue weighted by molar-refractivity contribution is 5.84. The minimum atomic E-state index is -0.203. The summed E-state index contributed by atoms with van der Waals surface area (Å²) in [4.78, 5) is 29.7. The van der Waals surface area contributed by atoms with Crippen molar-refractivity contribution in [2.24, 2.45) is 5.92 Å². The van der Waals surface area contributed by atoms with Gasteiger partial charge in [-0.05, 0) is 24.3 Å². The first kappa shape index (κ1) is 19.8. The van der Waals surface area contributed by atoms with Crippen LogP contribution in [0.25, 0.3) is 0 Å². The molecule has 3 unspecified atom stereocenters. The van der Waals surface area contributed by atoms with Gasteiger partial charge in [0.05, 0.1) is 0 Å². The first-order valence-corrected chi connectivity index (χ1v) is 10.1. The molecule has 0 bridgehead atoms. The summed E-state index contributed by atoms with van der Waals surface area (Å²) < 4.78 is 0. The van der Waals surface area contributed by atoms with E-state index in [2.05, 4.69) is 31.6 Å². The van der Waals surface area contributed by atoms with Gasteiger partial charge in [0.15, 0.2) is 0 Å². The molecule has 2 aliphatic rings. The van der Waals surface area contributed by atoms with E-state index in [0.29, 0.717) is 38.0 Å². The molecule has 2 aliphatic heterocycles. The summed E-state index contributed by atoms with van der Waals surface area (Å²) in [7, 11) is 0. The van der Waals surface area contributed by atoms with Gasteiger partial charge in [0.2, 0.25) is 11.8 Å². The smallest absolute Gasteiger partial charge is 0.241 e. The van der Waals surface area contributed by atoms with E-state index >= 15 is 0 Å². The van der Waals surface area contributed by atoms with E-state index in [1.54, 1.807) is 0 Å². The molecule has 3 rings (SSSR count). The number of hydrazine groups is 1. The molecule has 1 aromatic carbocycles. The van der Waals surface area contributed by atoms with Gasteiger partial charge in [-0.15, -0.1) is 0 Å². The Morgan fingerprint density at radius 3 is 2.59 bits per heavy atom. The van der Waals surface area contributed by atoms with Crippen LogP contribution >= 0.6 is 0 Å². The van der Waals surface area contributed by atoms with Crippen molar-refractivity contribution in [2.75, 3.05) is 13.1 Å². The molecule has 0 saturated carbocycles. The van der Waals surface area contributed by atoms with E-state index in [9.17, 15) is 9.59 Å². The van der Waals surface area contributed by atoms with Crippen LogP contribution in [0, 0.1) is 5.92 Å². The molecule has 27 heavy (non-hydrogen) atoms. The third kappa shape index (κ3) is 4.68. The van der Waals surface area contributed by atoms with Crippen molar-refractivity contribution in [1.82, 2.24) is 20.7 Å². The fourth-order valence-electron chi connectivity index (χ4n) is 3.97. The van der Waals surface area contributed by atoms with E-state index in [1.165, 1.54) is 0 Å². The van der Waals surface area contributed by atoms with Gasteiger partial charge in [0.25, 0.3) is 0 Å². The van der Waals surface area contributed by atoms with Crippen molar-refractivity contribution in [1.29, 1.82) is 0 Å². The summed E-state index contributed by atoms with van der Waals surface area (Å²) in [5, 5.41) is 0. The lowest BCUT2D eigenvalue weighted by Gasteiger charge is -2.32. The molecule has 0 spiro atoms. The van der Waals surface area contributed by atoms with Crippen LogP contribution in [0.3, 0.4) is 0 Å². The Labute approximate surface area is 162 Å². The second-order valence-corrected chi connectivity index (χ2v) is 8.03. The normalized spacial score (nSPS) is 26.5. The van der Waals surface area contributed by atoms with Crippen molar-refractivity contribution >= 4 is 11.8 Å². The molecule has 2 N–H and O–H groups in total. The maximum Gasteiger partial charge on any atom is 0.241 e. The third-order valence-corrected chi connectivity index (χ3v) is 5.80. The largest absolute Gasteiger partial charge is 0.339 e. The number of benzene rings is 1. The molecule has 2 fully saturated rings. The molecule has 2 heterocycles. The van der Waals surface area contributed by atoms with E-state index < -0.39 is 0 Å². The molecule has 3 atom stereocenters. The van der Waals surface area contributed by atoms with E-state index in [1.807, 2.05) is 40.1 Å². The van der Waals surface area contributed by atoms with Gasteiger partial charge < -0.3 is 9.80 Å². The number of nitrogens with zero attached hydrogens (tertiary/aromatic N) is 2. The van der Waals surface area contributed by atoms with Crippen LogP contribution in [-0.4, -0.2) is 52.8 Å². The number of rotatable bonds is 5. The Kier molecular flexibility index (Phi) is 6.50. The molecular formula is C21H32N4O2. The molecule has 6 nitrogen and oxygen atoms in total. The number of hydrogen-bond acceptors (Lipinski definition) is 4. The second kappa shape index (κ2) is 8.85. The lowest BCUT2D eigenvalue weighted by Crippen LogP contribution is -2.49. The van der Waals surface area contributed by atoms with Gasteiger partial charge in [-0.1, -0.05) is 51.1 Å². The Morgan fingerprint density at radius 2 is 1.96 bits per heavy atom. The van der Waals surface area contributed by atoms with Crippen LogP contribution < -0.4 is 10.9 Å². The van der Waals surface area contributed by atoms with Crippen molar-refractivity contribution in [3.63, 3.8) is 0 Å². The highest BCUT2D eigenvalue weighted by Gasteiger charge is 2.36. The molecule has 2 amide bonds. The fraction of sp³-hybridized carbons (Fsp3) is 0.619. The summed E-state index contributed by atoms with van der Waals surface area (Å²) in [5.41, 5.74) is 7.53. The zero-order valence-electron chi connectivity index (χ0n) is 16.6. The van der Waals surface area contributed by atoms with E-state index in [4.69, 9.17) is 0 Å². The zero-order valence-corrected chi connectivity index (χ0v) is 16.6. The number of nitrogens with one attached hydrogen (secondary N) is 2. The third-order valence-electron chi connectivity index (χ3n) is 5.80. The molecule has 2 saturated heterocycles. The molecule has 6 heteroatoms. The molecule has 0 aromatic heterocycles. The molecule has 0 aliphatic carbocycles. The quantitative estimate of drug-likeness (QED) is 0.829. The van der Waals surface area contributed by atoms with Crippen LogP contribution in [0.2, 0.25) is 0 Å². The summed E-state index contributed by atoms with van der Waals surface area (Å²) in [6.07, 6.45) is 2.03. The highest BCUT2D eigenvalue weighted by atomic mass is 16.2. The van der Waals surface area contributed by atoms with Gasteiger partial charge >= 0.3 is 0 Å². The maximum absolute atomic E-state index is 13.0. The number of carbonyl (C=O) groups is 2. The summed E-state index contributed by atoms with van der Waals surface area (Å²) >= 11 is 0. The summed E-state index contributed by atoms with van der Waals surface area (Å²) in [6.45, 7) is 8.13. The van der Waals surface area contributed by atoms with Gasteiger partial charge in [-0.25, -0.2) is 5.43 Å². The standard InChI is InChI=1S/C21H32N4O2/c1-4-17-14-24(21(27)19-12-18(15(2)3)22-23-19)11-10-20(26)25(17)13-16-8-6-5-7-9-16/h5-9,15,17-19,22-23H,4,10-14H2,1-3H3. The Hall–Kier alpha value is -1.92. The van der Waals surface area contributed by atoms with Crippen LogP contribution in [-0.2, 0) is 16.1 Å². The topological polar surface area (TPSA) is 64.7 Å². The average molecular weight is 373 g/mol. The number of amides is 2. The summed E-state index contributed by atoms with van der Waals surface area (Å²) in [5.74, 6) is 0.725.